The van der Waals surface area contributed by atoms with Crippen LogP contribution in [0.1, 0.15) is 47.0 Å². The van der Waals surface area contributed by atoms with Crippen LogP contribution in [0, 0.1) is 0 Å². The summed E-state index contributed by atoms with van der Waals surface area (Å²) >= 11 is -1.03. The molecule has 0 bridgehead atoms. The second-order valence-electron chi connectivity index (χ2n) is 4.61. The zero-order valence-electron chi connectivity index (χ0n) is 11.4. The topological polar surface area (TPSA) is 3.24 Å². The monoisotopic (exact) mass is 315 g/mol. The Morgan fingerprint density at radius 2 is 1.33 bits per heavy atom. The van der Waals surface area contributed by atoms with E-state index in [2.05, 4.69) is 32.6 Å². The maximum absolute atomic E-state index is 2.57. The first-order valence-corrected chi connectivity index (χ1v) is 14.0. The fourth-order valence-corrected chi connectivity index (χ4v) is 11.7. The molecule has 0 saturated heterocycles. The molecule has 0 aliphatic carbocycles. The van der Waals surface area contributed by atoms with Gasteiger partial charge in [0.1, 0.15) is 0 Å². The molecule has 0 aliphatic rings. The Morgan fingerprint density at radius 3 is 1.73 bits per heavy atom. The molecular formula is C13H30InN. The van der Waals surface area contributed by atoms with Crippen molar-refractivity contribution in [2.75, 3.05) is 19.6 Å². The van der Waals surface area contributed by atoms with Gasteiger partial charge in [-0.15, -0.1) is 0 Å². The van der Waals surface area contributed by atoms with Gasteiger partial charge in [-0.2, -0.15) is 0 Å². The van der Waals surface area contributed by atoms with Crippen LogP contribution in [0.4, 0.5) is 0 Å². The van der Waals surface area contributed by atoms with Crippen molar-refractivity contribution in [2.45, 2.75) is 59.5 Å². The summed E-state index contributed by atoms with van der Waals surface area (Å²) in [6.45, 7) is 13.1. The van der Waals surface area contributed by atoms with E-state index in [1.54, 1.807) is 12.5 Å². The quantitative estimate of drug-likeness (QED) is 0.588. The van der Waals surface area contributed by atoms with Gasteiger partial charge in [0.05, 0.1) is 0 Å². The standard InChI is InChI=1S/C7H16N.2C3H7.In/c1-4-7-8(5-2)6-3;2*1-3-2;/h1,4-7H2,2-3H3;2*1,3H2,2H3;. The van der Waals surface area contributed by atoms with Crippen molar-refractivity contribution in [3.63, 3.8) is 0 Å². The Kier molecular flexibility index (Phi) is 11.9. The van der Waals surface area contributed by atoms with Crippen LogP contribution in [0.5, 0.6) is 0 Å². The SMILES string of the molecule is CC[CH2][In]([CH2]CC)[CH2]CCN(CC)CC. The van der Waals surface area contributed by atoms with E-state index in [1.165, 1.54) is 38.9 Å². The summed E-state index contributed by atoms with van der Waals surface area (Å²) in [5.74, 6) is 0. The summed E-state index contributed by atoms with van der Waals surface area (Å²) in [7, 11) is 0. The molecule has 0 amide bonds. The van der Waals surface area contributed by atoms with E-state index in [9.17, 15) is 0 Å². The predicted octanol–water partition coefficient (Wildman–Crippen LogP) is 4.03. The Balaban J connectivity index is 3.59. The predicted molar refractivity (Wildman–Crippen MR) is 73.2 cm³/mol. The molecule has 0 saturated carbocycles. The summed E-state index contributed by atoms with van der Waals surface area (Å²) in [5.41, 5.74) is 0. The Hall–Kier alpha value is 0.830. The molecule has 0 spiro atoms. The van der Waals surface area contributed by atoms with Crippen LogP contribution in [0.15, 0.2) is 0 Å². The second-order valence-corrected chi connectivity index (χ2v) is 14.5. The minimum atomic E-state index is -1.03. The van der Waals surface area contributed by atoms with E-state index in [0.717, 1.165) is 0 Å². The molecule has 0 heterocycles. The van der Waals surface area contributed by atoms with Crippen molar-refractivity contribution in [2.24, 2.45) is 0 Å². The van der Waals surface area contributed by atoms with E-state index < -0.39 is 21.4 Å². The first-order valence-electron chi connectivity index (χ1n) is 7.00. The van der Waals surface area contributed by atoms with Crippen LogP contribution in [-0.2, 0) is 0 Å². The zero-order chi connectivity index (χ0) is 11.5. The van der Waals surface area contributed by atoms with E-state index in [-0.39, 0.29) is 0 Å². The van der Waals surface area contributed by atoms with Gasteiger partial charge in [0.2, 0.25) is 0 Å². The van der Waals surface area contributed by atoms with Gasteiger partial charge in [-0.1, -0.05) is 0 Å². The van der Waals surface area contributed by atoms with E-state index in [4.69, 9.17) is 0 Å². The van der Waals surface area contributed by atoms with Crippen LogP contribution < -0.4 is 0 Å². The van der Waals surface area contributed by atoms with E-state index in [0.29, 0.717) is 0 Å². The van der Waals surface area contributed by atoms with Gasteiger partial charge in [-0.3, -0.25) is 0 Å². The van der Waals surface area contributed by atoms with Gasteiger partial charge in [0, 0.05) is 0 Å². The van der Waals surface area contributed by atoms with Crippen molar-refractivity contribution in [1.29, 1.82) is 0 Å². The Bertz CT molecular complexity index is 118. The molecule has 0 aliphatic heterocycles. The van der Waals surface area contributed by atoms with Crippen molar-refractivity contribution in [3.8, 4) is 0 Å². The van der Waals surface area contributed by atoms with E-state index in [1.807, 2.05) is 0 Å². The van der Waals surface area contributed by atoms with Gasteiger partial charge in [-0.25, -0.2) is 0 Å². The van der Waals surface area contributed by atoms with Crippen molar-refractivity contribution < 1.29 is 0 Å². The minimum absolute atomic E-state index is 1.03. The fourth-order valence-electron chi connectivity index (χ4n) is 2.39. The van der Waals surface area contributed by atoms with Gasteiger partial charge < -0.3 is 0 Å². The fraction of sp³-hybridized carbons (Fsp3) is 1.00. The number of hydrogen-bond acceptors (Lipinski definition) is 1. The van der Waals surface area contributed by atoms with Gasteiger partial charge in [0.25, 0.3) is 0 Å². The Morgan fingerprint density at radius 1 is 0.800 bits per heavy atom. The van der Waals surface area contributed by atoms with Crippen molar-refractivity contribution in [3.05, 3.63) is 0 Å². The van der Waals surface area contributed by atoms with Crippen LogP contribution in [-0.4, -0.2) is 46.0 Å². The average Bonchev–Trinajstić information content (AvgIpc) is 2.25. The molecule has 0 aromatic heterocycles. The van der Waals surface area contributed by atoms with Crippen molar-refractivity contribution >= 4 is 21.4 Å². The first kappa shape index (κ1) is 15.8. The van der Waals surface area contributed by atoms with Gasteiger partial charge in [-0.05, 0) is 0 Å². The summed E-state index contributed by atoms with van der Waals surface area (Å²) in [5, 5.41) is 0. The first-order chi connectivity index (χ1) is 7.28. The number of rotatable bonds is 10. The number of nitrogens with zero attached hydrogens (tertiary/aromatic N) is 1. The normalized spacial score (nSPS) is 11.0. The number of hydrogen-bond donors (Lipinski definition) is 0. The molecule has 0 fully saturated rings. The van der Waals surface area contributed by atoms with Crippen LogP contribution in [0.3, 0.4) is 0 Å². The summed E-state index contributed by atoms with van der Waals surface area (Å²) in [6.07, 6.45) is 4.39. The third-order valence-electron chi connectivity index (χ3n) is 3.37. The zero-order valence-corrected chi connectivity index (χ0v) is 14.7. The molecule has 0 N–H and O–H groups in total. The molecular weight excluding hydrogens is 285 g/mol. The van der Waals surface area contributed by atoms with Crippen LogP contribution in [0.25, 0.3) is 0 Å². The summed E-state index contributed by atoms with van der Waals surface area (Å²) in [6, 6.07) is 0. The molecule has 0 aromatic rings. The van der Waals surface area contributed by atoms with Gasteiger partial charge >= 0.3 is 105 Å². The molecule has 0 unspecified atom stereocenters. The average molecular weight is 315 g/mol. The molecule has 0 atom stereocenters. The molecule has 0 rings (SSSR count). The van der Waals surface area contributed by atoms with E-state index >= 15 is 0 Å². The Labute approximate surface area is 105 Å². The van der Waals surface area contributed by atoms with Crippen LogP contribution in [0.2, 0.25) is 12.5 Å². The summed E-state index contributed by atoms with van der Waals surface area (Å²) < 4.78 is 4.95. The third kappa shape index (κ3) is 8.62. The molecule has 1 nitrogen and oxygen atoms in total. The molecule has 2 heteroatoms. The molecule has 0 aromatic carbocycles. The summed E-state index contributed by atoms with van der Waals surface area (Å²) in [4.78, 5) is 2.57. The second kappa shape index (κ2) is 11.3. The van der Waals surface area contributed by atoms with Gasteiger partial charge in [0.15, 0.2) is 0 Å². The molecule has 90 valence electrons. The van der Waals surface area contributed by atoms with Crippen molar-refractivity contribution in [1.82, 2.24) is 4.90 Å². The van der Waals surface area contributed by atoms with Crippen LogP contribution >= 0.6 is 0 Å². The molecule has 0 radical (unpaired) electrons. The molecule has 15 heavy (non-hydrogen) atoms. The maximum atomic E-state index is 2.57. The third-order valence-corrected chi connectivity index (χ3v) is 14.8.